The Bertz CT molecular complexity index is 1580. The molecule has 0 fully saturated rings. The van der Waals surface area contributed by atoms with Crippen LogP contribution in [0.2, 0.25) is 0 Å². The van der Waals surface area contributed by atoms with Crippen LogP contribution in [0.1, 0.15) is 33.9 Å². The van der Waals surface area contributed by atoms with Crippen LogP contribution in [0.25, 0.3) is 27.2 Å². The summed E-state index contributed by atoms with van der Waals surface area (Å²) >= 11 is 1.14. The number of pyridine rings is 2. The van der Waals surface area contributed by atoms with Crippen LogP contribution >= 0.6 is 11.3 Å². The van der Waals surface area contributed by atoms with Crippen LogP contribution in [-0.2, 0) is 7.05 Å². The third-order valence-corrected chi connectivity index (χ3v) is 6.39. The summed E-state index contributed by atoms with van der Waals surface area (Å²) in [6, 6.07) is 7.35. The van der Waals surface area contributed by atoms with Crippen molar-refractivity contribution in [2.75, 3.05) is 7.11 Å². The molecule has 35 heavy (non-hydrogen) atoms. The van der Waals surface area contributed by atoms with E-state index in [1.807, 2.05) is 38.5 Å². The second kappa shape index (κ2) is 8.96. The van der Waals surface area contributed by atoms with Gasteiger partial charge >= 0.3 is 0 Å². The number of amides is 1. The zero-order valence-electron chi connectivity index (χ0n) is 19.0. The van der Waals surface area contributed by atoms with Crippen molar-refractivity contribution in [2.24, 2.45) is 7.05 Å². The second-order valence-electron chi connectivity index (χ2n) is 7.75. The van der Waals surface area contributed by atoms with Gasteiger partial charge in [0.2, 0.25) is 10.9 Å². The molecule has 0 spiro atoms. The average molecular weight is 486 g/mol. The largest absolute Gasteiger partial charge is 0.481 e. The minimum Gasteiger partial charge on any atom is -0.481 e. The third kappa shape index (κ3) is 4.20. The highest BCUT2D eigenvalue weighted by atomic mass is 32.1. The van der Waals surface area contributed by atoms with Crippen molar-refractivity contribution in [3.63, 3.8) is 0 Å². The quantitative estimate of drug-likeness (QED) is 0.388. The van der Waals surface area contributed by atoms with Gasteiger partial charge in [-0.1, -0.05) is 17.4 Å². The Kier molecular flexibility index (Phi) is 5.68. The Morgan fingerprint density at radius 1 is 1.17 bits per heavy atom. The van der Waals surface area contributed by atoms with Gasteiger partial charge in [-0.25, -0.2) is 9.50 Å². The Balaban J connectivity index is 1.47. The number of carbonyl (C=O) groups excluding carboxylic acids is 1. The minimum atomic E-state index is -0.356. The Morgan fingerprint density at radius 2 is 2.03 bits per heavy atom. The molecule has 0 aliphatic carbocycles. The normalized spacial score (nSPS) is 11.8. The van der Waals surface area contributed by atoms with E-state index in [4.69, 9.17) is 4.74 Å². The van der Waals surface area contributed by atoms with Gasteiger partial charge in [0, 0.05) is 48.4 Å². The number of nitrogens with zero attached hydrogens (tertiary/aromatic N) is 8. The first-order chi connectivity index (χ1) is 17.0. The van der Waals surface area contributed by atoms with Crippen molar-refractivity contribution >= 4 is 22.8 Å². The zero-order chi connectivity index (χ0) is 24.5. The van der Waals surface area contributed by atoms with Gasteiger partial charge in [0.15, 0.2) is 5.01 Å². The number of hydrogen-bond donors (Lipinski definition) is 1. The van der Waals surface area contributed by atoms with Gasteiger partial charge in [0.05, 0.1) is 36.6 Å². The predicted molar refractivity (Wildman–Crippen MR) is 128 cm³/mol. The third-order valence-electron chi connectivity index (χ3n) is 5.44. The summed E-state index contributed by atoms with van der Waals surface area (Å²) in [7, 11) is 3.38. The van der Waals surface area contributed by atoms with E-state index in [-0.39, 0.29) is 17.0 Å². The molecule has 0 saturated heterocycles. The lowest BCUT2D eigenvalue weighted by Crippen LogP contribution is -2.26. The van der Waals surface area contributed by atoms with Crippen molar-refractivity contribution in [3.8, 4) is 33.6 Å². The number of fused-ring (bicyclic) bond motifs is 1. The molecule has 5 aromatic rings. The SMILES string of the molecule is COc1ccc(C(C)NC(=O)c2nnc(-c3cc(-c4cnn(C)c4)cn4ncc(C#N)c34)s2)cn1. The van der Waals surface area contributed by atoms with Crippen LogP contribution in [0, 0.1) is 11.3 Å². The molecule has 5 heterocycles. The van der Waals surface area contributed by atoms with E-state index in [0.717, 1.165) is 28.0 Å². The Labute approximate surface area is 203 Å². The van der Waals surface area contributed by atoms with Crippen LogP contribution in [0.4, 0.5) is 0 Å². The highest BCUT2D eigenvalue weighted by molar-refractivity contribution is 7.16. The molecule has 5 aromatic heterocycles. The summed E-state index contributed by atoms with van der Waals surface area (Å²) in [5, 5.41) is 30.1. The maximum atomic E-state index is 12.9. The van der Waals surface area contributed by atoms with Crippen molar-refractivity contribution in [2.45, 2.75) is 13.0 Å². The van der Waals surface area contributed by atoms with Gasteiger partial charge in [-0.15, -0.1) is 10.2 Å². The molecule has 11 nitrogen and oxygen atoms in total. The van der Waals surface area contributed by atoms with E-state index in [1.165, 1.54) is 6.20 Å². The topological polar surface area (TPSA) is 136 Å². The van der Waals surface area contributed by atoms with Gasteiger partial charge in [-0.3, -0.25) is 9.48 Å². The number of carbonyl (C=O) groups is 1. The fourth-order valence-corrected chi connectivity index (χ4v) is 4.39. The first-order valence-electron chi connectivity index (χ1n) is 10.5. The molecule has 0 aromatic carbocycles. The Morgan fingerprint density at radius 3 is 2.71 bits per heavy atom. The molecule has 0 bridgehead atoms. The van der Waals surface area contributed by atoms with Crippen molar-refractivity contribution in [1.29, 1.82) is 5.26 Å². The van der Waals surface area contributed by atoms with Crippen molar-refractivity contribution in [3.05, 3.63) is 65.3 Å². The number of methoxy groups -OCH3 is 1. The van der Waals surface area contributed by atoms with Gasteiger partial charge in [-0.05, 0) is 18.6 Å². The maximum absolute atomic E-state index is 12.9. The molecular weight excluding hydrogens is 466 g/mol. The number of aryl methyl sites for hydroxylation is 1. The highest BCUT2D eigenvalue weighted by Gasteiger charge is 2.21. The average Bonchev–Trinajstić information content (AvgIpc) is 3.63. The monoisotopic (exact) mass is 485 g/mol. The summed E-state index contributed by atoms with van der Waals surface area (Å²) in [6.07, 6.45) is 8.61. The van der Waals surface area contributed by atoms with E-state index in [9.17, 15) is 10.1 Å². The molecule has 1 N–H and O–H groups in total. The van der Waals surface area contributed by atoms with Crippen LogP contribution in [0.5, 0.6) is 5.88 Å². The molecule has 1 atom stereocenters. The highest BCUT2D eigenvalue weighted by Crippen LogP contribution is 2.33. The molecule has 1 amide bonds. The summed E-state index contributed by atoms with van der Waals surface area (Å²) in [5.74, 6) is 0.142. The van der Waals surface area contributed by atoms with E-state index in [2.05, 4.69) is 36.8 Å². The van der Waals surface area contributed by atoms with Crippen molar-refractivity contribution < 1.29 is 9.53 Å². The first kappa shape index (κ1) is 22.2. The maximum Gasteiger partial charge on any atom is 0.282 e. The fourth-order valence-electron chi connectivity index (χ4n) is 3.63. The fraction of sp³-hybridized carbons (Fsp3) is 0.174. The number of ether oxygens (including phenoxy) is 1. The zero-order valence-corrected chi connectivity index (χ0v) is 19.8. The van der Waals surface area contributed by atoms with E-state index in [1.54, 1.807) is 34.8 Å². The van der Waals surface area contributed by atoms with E-state index < -0.39 is 0 Å². The number of nitriles is 1. The summed E-state index contributed by atoms with van der Waals surface area (Å²) in [6.45, 7) is 1.86. The van der Waals surface area contributed by atoms with Gasteiger partial charge in [0.1, 0.15) is 6.07 Å². The number of nitrogens with one attached hydrogen (secondary N) is 1. The van der Waals surface area contributed by atoms with Crippen LogP contribution in [0.15, 0.2) is 49.2 Å². The van der Waals surface area contributed by atoms with E-state index in [0.29, 0.717) is 27.5 Å². The predicted octanol–water partition coefficient (Wildman–Crippen LogP) is 3.02. The molecule has 0 aliphatic heterocycles. The Hall–Kier alpha value is -4.63. The molecule has 1 unspecified atom stereocenters. The molecule has 0 radical (unpaired) electrons. The molecule has 0 saturated carbocycles. The number of hydrogen-bond acceptors (Lipinski definition) is 9. The van der Waals surface area contributed by atoms with Gasteiger partial charge in [0.25, 0.3) is 5.91 Å². The molecular formula is C23H19N9O2S. The molecule has 0 aliphatic rings. The standard InChI is InChI=1S/C23H19N9O2S/c1-13(14-4-5-19(34-3)25-8-14)28-21(33)23-30-29-22(35-23)18-6-15(17-10-26-31(2)11-17)12-32-20(18)16(7-24)9-27-32/h4-6,8-13H,1-3H3,(H,28,33). The first-order valence-corrected chi connectivity index (χ1v) is 11.3. The number of aromatic nitrogens is 7. The van der Waals surface area contributed by atoms with Crippen molar-refractivity contribution in [1.82, 2.24) is 39.9 Å². The molecule has 174 valence electrons. The minimum absolute atomic E-state index is 0.205. The van der Waals surface area contributed by atoms with Crippen LogP contribution < -0.4 is 10.1 Å². The van der Waals surface area contributed by atoms with Gasteiger partial charge in [-0.2, -0.15) is 15.5 Å². The smallest absolute Gasteiger partial charge is 0.282 e. The van der Waals surface area contributed by atoms with Gasteiger partial charge < -0.3 is 10.1 Å². The lowest BCUT2D eigenvalue weighted by Gasteiger charge is -2.13. The van der Waals surface area contributed by atoms with Crippen LogP contribution in [0.3, 0.4) is 0 Å². The summed E-state index contributed by atoms with van der Waals surface area (Å²) in [5.41, 5.74) is 4.21. The summed E-state index contributed by atoms with van der Waals surface area (Å²) in [4.78, 5) is 17.1. The molecule has 12 heteroatoms. The van der Waals surface area contributed by atoms with E-state index >= 15 is 0 Å². The lowest BCUT2D eigenvalue weighted by molar-refractivity contribution is 0.0938. The number of rotatable bonds is 6. The lowest BCUT2D eigenvalue weighted by atomic mass is 10.1. The summed E-state index contributed by atoms with van der Waals surface area (Å²) < 4.78 is 8.42. The second-order valence-corrected chi connectivity index (χ2v) is 8.73. The molecule has 5 rings (SSSR count). The van der Waals surface area contributed by atoms with Crippen LogP contribution in [-0.4, -0.2) is 47.6 Å².